The Labute approximate surface area is 138 Å². The van der Waals surface area contributed by atoms with Gasteiger partial charge in [0.2, 0.25) is 11.8 Å². The Bertz CT molecular complexity index is 480. The van der Waals surface area contributed by atoms with Crippen LogP contribution in [0.25, 0.3) is 0 Å². The SMILES string of the molecule is O=C1CC2CCC3C4CCCCC4CCC3C2CC(=O)N1S. The summed E-state index contributed by atoms with van der Waals surface area (Å²) in [4.78, 5) is 24.4. The van der Waals surface area contributed by atoms with Gasteiger partial charge in [0.1, 0.15) is 0 Å². The van der Waals surface area contributed by atoms with Gasteiger partial charge in [-0.2, -0.15) is 0 Å². The molecule has 22 heavy (non-hydrogen) atoms. The van der Waals surface area contributed by atoms with E-state index in [1.54, 1.807) is 0 Å². The van der Waals surface area contributed by atoms with Gasteiger partial charge in [0.25, 0.3) is 0 Å². The topological polar surface area (TPSA) is 37.4 Å². The minimum Gasteiger partial charge on any atom is -0.273 e. The third kappa shape index (κ3) is 2.42. The zero-order valence-corrected chi connectivity index (χ0v) is 14.1. The average molecular weight is 321 g/mol. The smallest absolute Gasteiger partial charge is 0.239 e. The molecule has 3 aliphatic carbocycles. The third-order valence-corrected chi connectivity index (χ3v) is 7.73. The van der Waals surface area contributed by atoms with Gasteiger partial charge in [0.15, 0.2) is 0 Å². The highest BCUT2D eigenvalue weighted by Crippen LogP contribution is 2.56. The number of amides is 2. The summed E-state index contributed by atoms with van der Waals surface area (Å²) < 4.78 is 1.10. The van der Waals surface area contributed by atoms with E-state index in [-0.39, 0.29) is 11.8 Å². The predicted molar refractivity (Wildman–Crippen MR) is 87.9 cm³/mol. The molecule has 6 unspecified atom stereocenters. The molecular weight excluding hydrogens is 294 g/mol. The van der Waals surface area contributed by atoms with Crippen molar-refractivity contribution in [2.24, 2.45) is 35.5 Å². The molecule has 6 atom stereocenters. The molecule has 0 radical (unpaired) electrons. The summed E-state index contributed by atoms with van der Waals surface area (Å²) in [6.45, 7) is 0. The molecule has 0 aromatic carbocycles. The van der Waals surface area contributed by atoms with Gasteiger partial charge in [-0.25, -0.2) is 4.31 Å². The Morgan fingerprint density at radius 1 is 0.682 bits per heavy atom. The van der Waals surface area contributed by atoms with Crippen LogP contribution in [0.15, 0.2) is 0 Å². The zero-order valence-electron chi connectivity index (χ0n) is 13.2. The van der Waals surface area contributed by atoms with Crippen LogP contribution in [0.5, 0.6) is 0 Å². The number of imide groups is 1. The monoisotopic (exact) mass is 321 g/mol. The fourth-order valence-electron chi connectivity index (χ4n) is 6.34. The molecule has 3 saturated carbocycles. The highest BCUT2D eigenvalue weighted by Gasteiger charge is 2.49. The number of nitrogens with zero attached hydrogens (tertiary/aromatic N) is 1. The van der Waals surface area contributed by atoms with Crippen LogP contribution in [-0.4, -0.2) is 16.1 Å². The van der Waals surface area contributed by atoms with Crippen molar-refractivity contribution < 1.29 is 9.59 Å². The standard InChI is InChI=1S/C18H27NO2S/c20-17-9-12-6-8-14-13-4-2-1-3-11(13)5-7-15(14)16(12)10-18(21)19(17)22/h11-16,22H,1-10H2. The summed E-state index contributed by atoms with van der Waals surface area (Å²) in [6, 6.07) is 0. The molecule has 0 N–H and O–H groups in total. The molecule has 3 nitrogen and oxygen atoms in total. The van der Waals surface area contributed by atoms with E-state index in [4.69, 9.17) is 0 Å². The molecule has 2 amide bonds. The maximum Gasteiger partial charge on any atom is 0.239 e. The van der Waals surface area contributed by atoms with Gasteiger partial charge in [-0.1, -0.05) is 32.1 Å². The fourth-order valence-corrected chi connectivity index (χ4v) is 6.50. The van der Waals surface area contributed by atoms with E-state index in [2.05, 4.69) is 12.8 Å². The van der Waals surface area contributed by atoms with Crippen molar-refractivity contribution >= 4 is 24.6 Å². The van der Waals surface area contributed by atoms with Crippen LogP contribution in [0, 0.1) is 35.5 Å². The fraction of sp³-hybridized carbons (Fsp3) is 0.889. The van der Waals surface area contributed by atoms with Gasteiger partial charge in [-0.05, 0) is 67.6 Å². The molecule has 1 saturated heterocycles. The zero-order chi connectivity index (χ0) is 15.3. The molecule has 1 heterocycles. The Balaban J connectivity index is 1.57. The maximum atomic E-state index is 12.3. The molecule has 0 bridgehead atoms. The van der Waals surface area contributed by atoms with E-state index in [0.717, 1.165) is 28.5 Å². The van der Waals surface area contributed by atoms with Crippen molar-refractivity contribution in [3.63, 3.8) is 0 Å². The van der Waals surface area contributed by atoms with E-state index in [1.807, 2.05) is 0 Å². The molecule has 4 fully saturated rings. The van der Waals surface area contributed by atoms with Crippen LogP contribution in [0.1, 0.15) is 64.2 Å². The largest absolute Gasteiger partial charge is 0.273 e. The van der Waals surface area contributed by atoms with Crippen molar-refractivity contribution in [3.8, 4) is 0 Å². The van der Waals surface area contributed by atoms with Crippen molar-refractivity contribution in [3.05, 3.63) is 0 Å². The highest BCUT2D eigenvalue weighted by atomic mass is 32.1. The minimum atomic E-state index is -0.0781. The summed E-state index contributed by atoms with van der Waals surface area (Å²) in [7, 11) is 0. The molecule has 4 aliphatic rings. The molecule has 4 rings (SSSR count). The summed E-state index contributed by atoms with van der Waals surface area (Å²) in [6.07, 6.45) is 11.9. The lowest BCUT2D eigenvalue weighted by Crippen LogP contribution is -2.45. The molecule has 0 aromatic heterocycles. The summed E-state index contributed by atoms with van der Waals surface area (Å²) in [5.74, 6) is 4.11. The molecular formula is C18H27NO2S. The number of hydrogen-bond donors (Lipinski definition) is 1. The number of carbonyl (C=O) groups excluding carboxylic acids is 2. The second kappa shape index (κ2) is 5.85. The van der Waals surface area contributed by atoms with Gasteiger partial charge in [-0.15, -0.1) is 0 Å². The lowest BCUT2D eigenvalue weighted by Gasteiger charge is -2.52. The first-order chi connectivity index (χ1) is 10.6. The summed E-state index contributed by atoms with van der Waals surface area (Å²) >= 11 is 4.13. The van der Waals surface area contributed by atoms with Crippen LogP contribution in [0.3, 0.4) is 0 Å². The predicted octanol–water partition coefficient (Wildman–Crippen LogP) is 3.84. The average Bonchev–Trinajstić information content (AvgIpc) is 2.65. The van der Waals surface area contributed by atoms with E-state index in [0.29, 0.717) is 30.6 Å². The second-order valence-corrected chi connectivity index (χ2v) is 8.52. The van der Waals surface area contributed by atoms with Gasteiger partial charge in [-0.3, -0.25) is 9.59 Å². The maximum absolute atomic E-state index is 12.3. The van der Waals surface area contributed by atoms with Crippen molar-refractivity contribution in [2.75, 3.05) is 0 Å². The van der Waals surface area contributed by atoms with Crippen molar-refractivity contribution in [1.29, 1.82) is 0 Å². The Kier molecular flexibility index (Phi) is 4.00. The van der Waals surface area contributed by atoms with E-state index in [9.17, 15) is 9.59 Å². The molecule has 0 spiro atoms. The molecule has 4 heteroatoms. The van der Waals surface area contributed by atoms with Gasteiger partial charge >= 0.3 is 0 Å². The first kappa shape index (κ1) is 15.0. The number of hydrogen-bond acceptors (Lipinski definition) is 3. The normalized spacial score (nSPS) is 45.6. The van der Waals surface area contributed by atoms with Crippen LogP contribution in [-0.2, 0) is 9.59 Å². The van der Waals surface area contributed by atoms with E-state index in [1.165, 1.54) is 44.9 Å². The molecule has 1 aliphatic heterocycles. The number of carbonyl (C=O) groups is 2. The van der Waals surface area contributed by atoms with Crippen molar-refractivity contribution in [1.82, 2.24) is 4.31 Å². The van der Waals surface area contributed by atoms with Crippen LogP contribution in [0.4, 0.5) is 0 Å². The van der Waals surface area contributed by atoms with E-state index >= 15 is 0 Å². The van der Waals surface area contributed by atoms with Gasteiger partial charge in [0, 0.05) is 12.8 Å². The first-order valence-corrected chi connectivity index (χ1v) is 9.60. The number of rotatable bonds is 0. The summed E-state index contributed by atoms with van der Waals surface area (Å²) in [5, 5.41) is 0. The van der Waals surface area contributed by atoms with Gasteiger partial charge < -0.3 is 0 Å². The van der Waals surface area contributed by atoms with Crippen LogP contribution < -0.4 is 0 Å². The molecule has 0 aromatic rings. The molecule has 122 valence electrons. The quantitative estimate of drug-likeness (QED) is 0.544. The lowest BCUT2D eigenvalue weighted by molar-refractivity contribution is -0.137. The Hall–Kier alpha value is -0.510. The second-order valence-electron chi connectivity index (χ2n) is 8.12. The summed E-state index contributed by atoms with van der Waals surface area (Å²) in [5.41, 5.74) is 0. The Morgan fingerprint density at radius 3 is 2.14 bits per heavy atom. The highest BCUT2D eigenvalue weighted by molar-refractivity contribution is 7.79. The van der Waals surface area contributed by atoms with Crippen molar-refractivity contribution in [2.45, 2.75) is 64.2 Å². The number of fused-ring (bicyclic) bond motifs is 5. The minimum absolute atomic E-state index is 0.0627. The van der Waals surface area contributed by atoms with E-state index < -0.39 is 0 Å². The van der Waals surface area contributed by atoms with Crippen LogP contribution in [0.2, 0.25) is 0 Å². The van der Waals surface area contributed by atoms with Gasteiger partial charge in [0.05, 0.1) is 0 Å². The first-order valence-electron chi connectivity index (χ1n) is 9.20. The van der Waals surface area contributed by atoms with Crippen LogP contribution >= 0.6 is 12.8 Å². The lowest BCUT2D eigenvalue weighted by atomic mass is 9.53. The third-order valence-electron chi connectivity index (χ3n) is 7.28. The Morgan fingerprint density at radius 2 is 1.32 bits per heavy atom. The number of thiol groups is 1.